The largest absolute Gasteiger partial charge is 0.451 e. The monoisotopic (exact) mass is 468 g/mol. The van der Waals surface area contributed by atoms with Gasteiger partial charge in [-0.1, -0.05) is 18.2 Å². The third kappa shape index (κ3) is 4.44. The summed E-state index contributed by atoms with van der Waals surface area (Å²) in [7, 11) is 0. The van der Waals surface area contributed by atoms with E-state index in [1.807, 2.05) is 62.4 Å². The Morgan fingerprint density at radius 3 is 2.62 bits per heavy atom. The van der Waals surface area contributed by atoms with Crippen LogP contribution < -0.4 is 10.6 Å². The Balaban J connectivity index is 1.26. The lowest BCUT2D eigenvalue weighted by atomic mass is 10.1. The molecule has 5 rings (SSSR count). The molecular weight excluding hydrogens is 448 g/mol. The minimum Gasteiger partial charge on any atom is -0.451 e. The molecular formula is C26H20N4O3S. The van der Waals surface area contributed by atoms with Crippen molar-refractivity contribution >= 4 is 40.2 Å². The molecule has 7 nitrogen and oxygen atoms in total. The number of aromatic nitrogens is 2. The molecule has 2 N–H and O–H groups in total. The molecule has 0 aliphatic rings. The molecule has 8 heteroatoms. The number of aryl methyl sites for hydroxylation is 2. The highest BCUT2D eigenvalue weighted by atomic mass is 32.1. The molecule has 0 bridgehead atoms. The predicted octanol–water partition coefficient (Wildman–Crippen LogP) is 5.89. The van der Waals surface area contributed by atoms with Crippen LogP contribution in [0.5, 0.6) is 0 Å². The first-order valence-corrected chi connectivity index (χ1v) is 11.0. The average Bonchev–Trinajstić information content (AvgIpc) is 3.49. The van der Waals surface area contributed by atoms with Crippen LogP contribution in [0.4, 0.5) is 5.69 Å². The molecule has 0 atom stereocenters. The standard InChI is InChI=1S/C26H20N4O3S/c1-15-8-9-17(13-16(15)2)20-10-11-22(32-20)24(31)30-26(34)28-19-6-3-5-18(14-19)25-29-23-21(33-25)7-4-12-27-23/h3-14H,1-2H3,(H2,28,30,31,34). The van der Waals surface area contributed by atoms with Crippen molar-refractivity contribution in [3.8, 4) is 22.8 Å². The van der Waals surface area contributed by atoms with Crippen LogP contribution in [-0.4, -0.2) is 21.0 Å². The zero-order valence-corrected chi connectivity index (χ0v) is 19.3. The minimum atomic E-state index is -0.436. The molecule has 0 aliphatic carbocycles. The number of nitrogens with zero attached hydrogens (tertiary/aromatic N) is 2. The van der Waals surface area contributed by atoms with Gasteiger partial charge in [0.1, 0.15) is 5.76 Å². The van der Waals surface area contributed by atoms with Crippen LogP contribution in [0.3, 0.4) is 0 Å². The number of anilines is 1. The van der Waals surface area contributed by atoms with E-state index >= 15 is 0 Å². The lowest BCUT2D eigenvalue weighted by Crippen LogP contribution is -2.33. The molecule has 0 radical (unpaired) electrons. The fourth-order valence-corrected chi connectivity index (χ4v) is 3.67. The van der Waals surface area contributed by atoms with E-state index in [4.69, 9.17) is 21.1 Å². The van der Waals surface area contributed by atoms with Crippen LogP contribution in [0, 0.1) is 13.8 Å². The van der Waals surface area contributed by atoms with Crippen molar-refractivity contribution in [3.05, 3.63) is 89.8 Å². The molecule has 3 aromatic heterocycles. The molecule has 0 saturated heterocycles. The van der Waals surface area contributed by atoms with Gasteiger partial charge in [0, 0.05) is 23.0 Å². The highest BCUT2D eigenvalue weighted by Gasteiger charge is 2.15. The van der Waals surface area contributed by atoms with Gasteiger partial charge < -0.3 is 14.2 Å². The Hall–Kier alpha value is -4.30. The summed E-state index contributed by atoms with van der Waals surface area (Å²) in [5, 5.41) is 5.80. The Bertz CT molecular complexity index is 1500. The van der Waals surface area contributed by atoms with Gasteiger partial charge in [-0.2, -0.15) is 4.98 Å². The Morgan fingerprint density at radius 1 is 0.912 bits per heavy atom. The number of oxazole rings is 1. The SMILES string of the molecule is Cc1ccc(-c2ccc(C(=O)NC(=S)Nc3cccc(-c4nc5ncccc5o4)c3)o2)cc1C. The zero-order chi connectivity index (χ0) is 23.7. The molecule has 0 unspecified atom stereocenters. The van der Waals surface area contributed by atoms with E-state index in [0.717, 1.165) is 16.7 Å². The number of benzene rings is 2. The number of hydrogen-bond donors (Lipinski definition) is 2. The fraction of sp³-hybridized carbons (Fsp3) is 0.0769. The van der Waals surface area contributed by atoms with Crippen molar-refractivity contribution in [2.45, 2.75) is 13.8 Å². The summed E-state index contributed by atoms with van der Waals surface area (Å²) >= 11 is 5.32. The van der Waals surface area contributed by atoms with E-state index in [1.54, 1.807) is 24.4 Å². The van der Waals surface area contributed by atoms with E-state index < -0.39 is 5.91 Å². The van der Waals surface area contributed by atoms with Gasteiger partial charge >= 0.3 is 0 Å². The highest BCUT2D eigenvalue weighted by Crippen LogP contribution is 2.26. The number of pyridine rings is 1. The second-order valence-electron chi connectivity index (χ2n) is 7.80. The zero-order valence-electron chi connectivity index (χ0n) is 18.5. The van der Waals surface area contributed by atoms with Crippen molar-refractivity contribution in [1.29, 1.82) is 0 Å². The fourth-order valence-electron chi connectivity index (χ4n) is 3.46. The first-order chi connectivity index (χ1) is 16.5. The summed E-state index contributed by atoms with van der Waals surface area (Å²) in [6, 6.07) is 20.4. The normalized spacial score (nSPS) is 10.9. The quantitative estimate of drug-likeness (QED) is 0.318. The summed E-state index contributed by atoms with van der Waals surface area (Å²) in [6.45, 7) is 4.09. The maximum atomic E-state index is 12.6. The lowest BCUT2D eigenvalue weighted by Gasteiger charge is -2.09. The molecule has 3 heterocycles. The number of nitrogens with one attached hydrogen (secondary N) is 2. The lowest BCUT2D eigenvalue weighted by molar-refractivity contribution is 0.0951. The number of carbonyl (C=O) groups excluding carboxylic acids is 1. The number of thiocarbonyl (C=S) groups is 1. The van der Waals surface area contributed by atoms with Crippen LogP contribution in [0.1, 0.15) is 21.7 Å². The number of hydrogen-bond acceptors (Lipinski definition) is 6. The molecule has 5 aromatic rings. The van der Waals surface area contributed by atoms with Crippen LogP contribution in [0.25, 0.3) is 34.0 Å². The van der Waals surface area contributed by atoms with Gasteiger partial charge in [0.05, 0.1) is 0 Å². The Kier molecular flexibility index (Phi) is 5.65. The number of carbonyl (C=O) groups is 1. The van der Waals surface area contributed by atoms with Gasteiger partial charge in [-0.15, -0.1) is 0 Å². The summed E-state index contributed by atoms with van der Waals surface area (Å²) in [6.07, 6.45) is 1.66. The van der Waals surface area contributed by atoms with Gasteiger partial charge in [-0.3, -0.25) is 10.1 Å². The number of amides is 1. The Morgan fingerprint density at radius 2 is 1.79 bits per heavy atom. The van der Waals surface area contributed by atoms with Crippen LogP contribution >= 0.6 is 12.2 Å². The van der Waals surface area contributed by atoms with Crippen LogP contribution in [-0.2, 0) is 0 Å². The van der Waals surface area contributed by atoms with E-state index in [2.05, 4.69) is 20.6 Å². The second-order valence-corrected chi connectivity index (χ2v) is 8.20. The summed E-state index contributed by atoms with van der Waals surface area (Å²) < 4.78 is 11.5. The highest BCUT2D eigenvalue weighted by molar-refractivity contribution is 7.80. The molecule has 2 aromatic carbocycles. The summed E-state index contributed by atoms with van der Waals surface area (Å²) in [5.41, 5.74) is 5.83. The molecule has 0 saturated carbocycles. The second kappa shape index (κ2) is 8.92. The molecule has 0 fully saturated rings. The third-order valence-corrected chi connectivity index (χ3v) is 5.58. The van der Waals surface area contributed by atoms with Crippen molar-refractivity contribution < 1.29 is 13.6 Å². The smallest absolute Gasteiger partial charge is 0.293 e. The first kappa shape index (κ1) is 21.5. The van der Waals surface area contributed by atoms with E-state index in [1.165, 1.54) is 5.56 Å². The Labute approximate surface area is 200 Å². The number of fused-ring (bicyclic) bond motifs is 1. The maximum Gasteiger partial charge on any atom is 0.293 e. The van der Waals surface area contributed by atoms with Gasteiger partial charge in [0.25, 0.3) is 5.91 Å². The van der Waals surface area contributed by atoms with Crippen molar-refractivity contribution in [2.24, 2.45) is 0 Å². The van der Waals surface area contributed by atoms with E-state index in [0.29, 0.717) is 28.6 Å². The van der Waals surface area contributed by atoms with Gasteiger partial charge in [-0.05, 0) is 85.7 Å². The van der Waals surface area contributed by atoms with Gasteiger partial charge in [0.15, 0.2) is 22.1 Å². The molecule has 34 heavy (non-hydrogen) atoms. The van der Waals surface area contributed by atoms with E-state index in [9.17, 15) is 4.79 Å². The predicted molar refractivity (Wildman–Crippen MR) is 135 cm³/mol. The van der Waals surface area contributed by atoms with Crippen LogP contribution in [0.15, 0.2) is 81.8 Å². The van der Waals surface area contributed by atoms with Crippen LogP contribution in [0.2, 0.25) is 0 Å². The summed E-state index contributed by atoms with van der Waals surface area (Å²) in [5.74, 6) is 0.799. The van der Waals surface area contributed by atoms with Crippen molar-refractivity contribution in [2.75, 3.05) is 5.32 Å². The molecule has 168 valence electrons. The van der Waals surface area contributed by atoms with Crippen molar-refractivity contribution in [1.82, 2.24) is 15.3 Å². The molecule has 0 spiro atoms. The molecule has 1 amide bonds. The first-order valence-electron chi connectivity index (χ1n) is 10.6. The topological polar surface area (TPSA) is 93.2 Å². The molecule has 0 aliphatic heterocycles. The van der Waals surface area contributed by atoms with Gasteiger partial charge in [-0.25, -0.2) is 4.98 Å². The minimum absolute atomic E-state index is 0.144. The average molecular weight is 469 g/mol. The third-order valence-electron chi connectivity index (χ3n) is 5.38. The number of rotatable bonds is 4. The number of furan rings is 1. The van der Waals surface area contributed by atoms with Gasteiger partial charge in [0.2, 0.25) is 5.89 Å². The summed E-state index contributed by atoms with van der Waals surface area (Å²) in [4.78, 5) is 21.2. The maximum absolute atomic E-state index is 12.6. The van der Waals surface area contributed by atoms with E-state index in [-0.39, 0.29) is 10.9 Å². The van der Waals surface area contributed by atoms with Crippen molar-refractivity contribution in [3.63, 3.8) is 0 Å².